The second-order valence-corrected chi connectivity index (χ2v) is 12.6. The van der Waals surface area contributed by atoms with Crippen molar-refractivity contribution >= 4 is 58.1 Å². The summed E-state index contributed by atoms with van der Waals surface area (Å²) >= 11 is 15.2. The molecular weight excluding hydrogens is 531 g/mol. The van der Waals surface area contributed by atoms with E-state index in [2.05, 4.69) is 16.0 Å². The van der Waals surface area contributed by atoms with Gasteiger partial charge >= 0.3 is 6.09 Å². The molecule has 0 radical (unpaired) electrons. The zero-order valence-electron chi connectivity index (χ0n) is 22.6. The van der Waals surface area contributed by atoms with Crippen molar-refractivity contribution < 1.29 is 14.3 Å². The van der Waals surface area contributed by atoms with Crippen molar-refractivity contribution in [1.82, 2.24) is 9.21 Å². The van der Waals surface area contributed by atoms with E-state index in [1.165, 1.54) is 0 Å². The average molecular weight is 572 g/mol. The molecular formula is C27H40Cl2N4O3S. The van der Waals surface area contributed by atoms with Crippen LogP contribution in [-0.2, 0) is 16.1 Å². The maximum atomic E-state index is 12.6. The third-order valence-corrected chi connectivity index (χ3v) is 8.31. The third-order valence-electron chi connectivity index (χ3n) is 6.73. The zero-order valence-corrected chi connectivity index (χ0v) is 24.9. The predicted molar refractivity (Wildman–Crippen MR) is 154 cm³/mol. The Bertz CT molecular complexity index is 1040. The highest BCUT2D eigenvalue weighted by molar-refractivity contribution is 7.98. The monoisotopic (exact) mass is 570 g/mol. The van der Waals surface area contributed by atoms with E-state index in [1.54, 1.807) is 12.1 Å². The lowest BCUT2D eigenvalue weighted by Gasteiger charge is -2.37. The van der Waals surface area contributed by atoms with Crippen LogP contribution < -0.4 is 10.5 Å². The molecule has 10 heteroatoms. The van der Waals surface area contributed by atoms with E-state index in [-0.39, 0.29) is 12.0 Å². The Labute approximate surface area is 235 Å². The highest BCUT2D eigenvalue weighted by Crippen LogP contribution is 2.43. The van der Waals surface area contributed by atoms with Crippen LogP contribution in [0.1, 0.15) is 82.9 Å². The Morgan fingerprint density at radius 2 is 2.03 bits per heavy atom. The van der Waals surface area contributed by atoms with Crippen molar-refractivity contribution in [3.8, 4) is 0 Å². The number of primary amides is 1. The SMILES string of the molecule is CC/C(CCCC(N)=O)=C(/Cl)c1c(Cl)cc2c(c1C)NSN(CC1CCCN(C(=O)OC(C)(C)C)C1)C2. The number of nitrogens with two attached hydrogens (primary N) is 1. The quantitative estimate of drug-likeness (QED) is 0.324. The summed E-state index contributed by atoms with van der Waals surface area (Å²) in [5.41, 5.74) is 9.92. The van der Waals surface area contributed by atoms with Gasteiger partial charge in [-0.1, -0.05) is 35.7 Å². The van der Waals surface area contributed by atoms with E-state index >= 15 is 0 Å². The first-order chi connectivity index (χ1) is 17.4. The van der Waals surface area contributed by atoms with Crippen LogP contribution in [0.3, 0.4) is 0 Å². The van der Waals surface area contributed by atoms with Gasteiger partial charge in [-0.3, -0.25) is 4.79 Å². The molecule has 3 rings (SSSR count). The van der Waals surface area contributed by atoms with E-state index in [0.29, 0.717) is 41.8 Å². The second-order valence-electron chi connectivity index (χ2n) is 10.9. The Balaban J connectivity index is 1.70. The lowest BCUT2D eigenvalue weighted by molar-refractivity contribution is -0.118. The lowest BCUT2D eigenvalue weighted by Crippen LogP contribution is -2.45. The van der Waals surface area contributed by atoms with Crippen LogP contribution in [0.5, 0.6) is 0 Å². The topological polar surface area (TPSA) is 87.9 Å². The summed E-state index contributed by atoms with van der Waals surface area (Å²) in [6, 6.07) is 2.01. The summed E-state index contributed by atoms with van der Waals surface area (Å²) in [4.78, 5) is 25.5. The predicted octanol–water partition coefficient (Wildman–Crippen LogP) is 7.10. The highest BCUT2D eigenvalue weighted by Gasteiger charge is 2.30. The van der Waals surface area contributed by atoms with Gasteiger partial charge in [-0.25, -0.2) is 9.10 Å². The Morgan fingerprint density at radius 3 is 2.68 bits per heavy atom. The van der Waals surface area contributed by atoms with Crippen LogP contribution in [0.2, 0.25) is 5.02 Å². The summed E-state index contributed by atoms with van der Waals surface area (Å²) in [5, 5.41) is 1.29. The average Bonchev–Trinajstić information content (AvgIpc) is 2.80. The van der Waals surface area contributed by atoms with E-state index in [0.717, 1.165) is 66.8 Å². The second kappa shape index (κ2) is 13.0. The molecule has 1 unspecified atom stereocenters. The number of amides is 2. The number of hydrogen-bond acceptors (Lipinski definition) is 6. The number of piperidine rings is 1. The minimum atomic E-state index is -0.490. The van der Waals surface area contributed by atoms with Crippen LogP contribution in [0, 0.1) is 12.8 Å². The number of benzene rings is 1. The molecule has 7 nitrogen and oxygen atoms in total. The first-order valence-electron chi connectivity index (χ1n) is 13.0. The molecule has 206 valence electrons. The van der Waals surface area contributed by atoms with E-state index in [9.17, 15) is 9.59 Å². The molecule has 2 aliphatic rings. The van der Waals surface area contributed by atoms with Crippen LogP contribution in [-0.4, -0.2) is 46.4 Å². The lowest BCUT2D eigenvalue weighted by atomic mass is 9.96. The maximum absolute atomic E-state index is 12.6. The number of fused-ring (bicyclic) bond motifs is 1. The fraction of sp³-hybridized carbons (Fsp3) is 0.630. The van der Waals surface area contributed by atoms with Gasteiger partial charge in [-0.2, -0.15) is 0 Å². The maximum Gasteiger partial charge on any atom is 0.410 e. The molecule has 0 aliphatic carbocycles. The summed E-state index contributed by atoms with van der Waals surface area (Å²) in [6.07, 6.45) is 4.34. The van der Waals surface area contributed by atoms with Gasteiger partial charge in [0.25, 0.3) is 0 Å². The minimum Gasteiger partial charge on any atom is -0.444 e. The molecule has 1 saturated heterocycles. The number of rotatable bonds is 8. The first kappa shape index (κ1) is 29.9. The standard InChI is InChI=1S/C27H40Cl2N4O3S/c1-6-19(10-7-11-22(30)34)24(29)23-17(2)25-20(13-21(23)28)16-33(37-31-25)15-18-9-8-12-32(14-18)26(35)36-27(3,4)5/h13,18,31H,6-12,14-16H2,1-5H3,(H2,30,34)/b24-19-. The molecule has 0 spiro atoms. The van der Waals surface area contributed by atoms with Gasteiger partial charge in [-0.15, -0.1) is 0 Å². The zero-order chi connectivity index (χ0) is 27.3. The van der Waals surface area contributed by atoms with E-state index in [1.807, 2.05) is 38.7 Å². The van der Waals surface area contributed by atoms with Gasteiger partial charge in [0.15, 0.2) is 0 Å². The van der Waals surface area contributed by atoms with Gasteiger partial charge in [0.2, 0.25) is 5.91 Å². The number of hydrogen-bond donors (Lipinski definition) is 2. The molecule has 2 aliphatic heterocycles. The molecule has 2 heterocycles. The van der Waals surface area contributed by atoms with Crippen LogP contribution in [0.25, 0.3) is 5.03 Å². The van der Waals surface area contributed by atoms with Crippen molar-refractivity contribution in [3.63, 3.8) is 0 Å². The molecule has 0 aromatic heterocycles. The van der Waals surface area contributed by atoms with Crippen molar-refractivity contribution in [2.75, 3.05) is 24.4 Å². The number of likely N-dealkylation sites (tertiary alicyclic amines) is 1. The molecule has 0 bridgehead atoms. The smallest absolute Gasteiger partial charge is 0.410 e. The number of carbonyl (C=O) groups excluding carboxylic acids is 2. The largest absolute Gasteiger partial charge is 0.444 e. The fourth-order valence-electron chi connectivity index (χ4n) is 4.90. The van der Waals surface area contributed by atoms with Crippen LogP contribution in [0.4, 0.5) is 10.5 Å². The minimum absolute atomic E-state index is 0.229. The summed E-state index contributed by atoms with van der Waals surface area (Å²) in [6.45, 7) is 12.8. The molecule has 0 saturated carbocycles. The van der Waals surface area contributed by atoms with Gasteiger partial charge in [-0.05, 0) is 82.9 Å². The molecule has 1 aromatic rings. The number of halogens is 2. The third kappa shape index (κ3) is 8.19. The molecule has 3 N–H and O–H groups in total. The summed E-state index contributed by atoms with van der Waals surface area (Å²) in [5.74, 6) is 0.0731. The molecule has 37 heavy (non-hydrogen) atoms. The fourth-order valence-corrected chi connectivity index (χ4v) is 6.78. The molecule has 1 fully saturated rings. The first-order valence-corrected chi connectivity index (χ1v) is 14.6. The van der Waals surface area contributed by atoms with Crippen molar-refractivity contribution in [3.05, 3.63) is 33.4 Å². The van der Waals surface area contributed by atoms with Crippen molar-refractivity contribution in [2.24, 2.45) is 11.7 Å². The van der Waals surface area contributed by atoms with Crippen LogP contribution in [0.15, 0.2) is 11.6 Å². The van der Waals surface area contributed by atoms with Crippen LogP contribution >= 0.6 is 35.3 Å². The van der Waals surface area contributed by atoms with Gasteiger partial charge in [0, 0.05) is 55.3 Å². The van der Waals surface area contributed by atoms with Gasteiger partial charge < -0.3 is 20.1 Å². The van der Waals surface area contributed by atoms with E-state index < -0.39 is 5.60 Å². The number of ether oxygens (including phenoxy) is 1. The molecule has 1 atom stereocenters. The number of nitrogens with one attached hydrogen (secondary N) is 1. The van der Waals surface area contributed by atoms with Gasteiger partial charge in [0.1, 0.15) is 5.60 Å². The number of nitrogens with zero attached hydrogens (tertiary/aromatic N) is 2. The van der Waals surface area contributed by atoms with Crippen molar-refractivity contribution in [2.45, 2.75) is 85.3 Å². The van der Waals surface area contributed by atoms with Gasteiger partial charge in [0.05, 0.1) is 10.7 Å². The normalized spacial score (nSPS) is 19.1. The summed E-state index contributed by atoms with van der Waals surface area (Å²) < 4.78 is 11.4. The highest BCUT2D eigenvalue weighted by atomic mass is 35.5. The number of anilines is 1. The molecule has 2 amide bonds. The number of carbonyl (C=O) groups is 2. The molecule has 1 aromatic carbocycles. The number of allylic oxidation sites excluding steroid dienone is 1. The Hall–Kier alpha value is -1.61. The van der Waals surface area contributed by atoms with E-state index in [4.69, 9.17) is 33.7 Å². The summed E-state index contributed by atoms with van der Waals surface area (Å²) in [7, 11) is 0. The van der Waals surface area contributed by atoms with Crippen molar-refractivity contribution in [1.29, 1.82) is 0 Å². The Kier molecular flexibility index (Phi) is 10.5. The Morgan fingerprint density at radius 1 is 1.30 bits per heavy atom.